The topological polar surface area (TPSA) is 80.1 Å². The Kier molecular flexibility index (Phi) is 5.44. The van der Waals surface area contributed by atoms with Crippen molar-refractivity contribution in [2.45, 2.75) is 6.61 Å². The van der Waals surface area contributed by atoms with Gasteiger partial charge in [0.25, 0.3) is 0 Å². The summed E-state index contributed by atoms with van der Waals surface area (Å²) in [5.74, 6) is -3.80. The van der Waals surface area contributed by atoms with Crippen LogP contribution in [0.15, 0.2) is 43.0 Å². The Morgan fingerprint density at radius 2 is 1.78 bits per heavy atom. The molecule has 1 saturated heterocycles. The van der Waals surface area contributed by atoms with E-state index in [1.807, 2.05) is 0 Å². The van der Waals surface area contributed by atoms with Gasteiger partial charge in [-0.3, -0.25) is 4.57 Å². The molecule has 0 atom stereocenters. The largest absolute Gasteiger partial charge is 0.482 e. The van der Waals surface area contributed by atoms with Crippen LogP contribution in [0.1, 0.15) is 5.69 Å². The van der Waals surface area contributed by atoms with Gasteiger partial charge in [0.1, 0.15) is 12.3 Å². The fraction of sp³-hybridized carbons (Fsp3) is 0.208. The highest BCUT2D eigenvalue weighted by Crippen LogP contribution is 2.37. The van der Waals surface area contributed by atoms with Crippen molar-refractivity contribution >= 4 is 17.3 Å². The minimum Gasteiger partial charge on any atom is -0.482 e. The Morgan fingerprint density at radius 3 is 2.61 bits per heavy atom. The van der Waals surface area contributed by atoms with Crippen molar-refractivity contribution in [3.63, 3.8) is 0 Å². The lowest BCUT2D eigenvalue weighted by atomic mass is 10.1. The van der Waals surface area contributed by atoms with Crippen molar-refractivity contribution < 1.29 is 22.3 Å². The Labute approximate surface area is 202 Å². The molecule has 2 N–H and O–H groups in total. The fourth-order valence-corrected chi connectivity index (χ4v) is 4.37. The SMILES string of the molecule is Fc1cnc(Nc2ccc(N3CCNCC3)c(F)c2F)nc1-c1cc(F)c2c(c1)-n1cncc1CO2. The molecule has 4 aromatic rings. The zero-order valence-corrected chi connectivity index (χ0v) is 18.7. The summed E-state index contributed by atoms with van der Waals surface area (Å²) in [6.45, 7) is 2.59. The van der Waals surface area contributed by atoms with Gasteiger partial charge >= 0.3 is 0 Å². The lowest BCUT2D eigenvalue weighted by Crippen LogP contribution is -2.44. The first kappa shape index (κ1) is 22.3. The third kappa shape index (κ3) is 3.79. The Balaban J connectivity index is 1.33. The monoisotopic (exact) mass is 497 g/mol. The van der Waals surface area contributed by atoms with E-state index in [4.69, 9.17) is 4.74 Å². The van der Waals surface area contributed by atoms with Crippen LogP contribution < -0.4 is 20.3 Å². The van der Waals surface area contributed by atoms with E-state index in [9.17, 15) is 17.6 Å². The molecule has 2 aromatic carbocycles. The number of fused-ring (bicyclic) bond motifs is 3. The quantitative estimate of drug-likeness (QED) is 0.414. The van der Waals surface area contributed by atoms with Gasteiger partial charge in [-0.2, -0.15) is 0 Å². The smallest absolute Gasteiger partial charge is 0.228 e. The predicted octanol–water partition coefficient (Wildman–Crippen LogP) is 3.93. The maximum atomic E-state index is 14.9. The maximum absolute atomic E-state index is 14.9. The first-order valence-corrected chi connectivity index (χ1v) is 11.2. The van der Waals surface area contributed by atoms with Crippen molar-refractivity contribution in [3.8, 4) is 22.7 Å². The van der Waals surface area contributed by atoms with E-state index in [0.717, 1.165) is 12.3 Å². The van der Waals surface area contributed by atoms with E-state index in [1.54, 1.807) is 15.7 Å². The Bertz CT molecular complexity index is 1470. The van der Waals surface area contributed by atoms with Crippen molar-refractivity contribution in [2.75, 3.05) is 36.4 Å². The highest BCUT2D eigenvalue weighted by molar-refractivity contribution is 5.69. The number of anilines is 3. The first-order valence-electron chi connectivity index (χ1n) is 11.2. The number of piperazine rings is 1. The third-order valence-electron chi connectivity index (χ3n) is 6.15. The molecule has 0 bridgehead atoms. The number of hydrogen-bond acceptors (Lipinski definition) is 7. The van der Waals surface area contributed by atoms with E-state index >= 15 is 0 Å². The number of benzene rings is 2. The molecular formula is C24H19F4N7O. The van der Waals surface area contributed by atoms with Gasteiger partial charge in [0.05, 0.1) is 41.5 Å². The lowest BCUT2D eigenvalue weighted by Gasteiger charge is -2.30. The molecule has 2 aromatic heterocycles. The van der Waals surface area contributed by atoms with Gasteiger partial charge < -0.3 is 20.3 Å². The number of nitrogens with zero attached hydrogens (tertiary/aromatic N) is 5. The molecule has 0 aliphatic carbocycles. The number of imidazole rings is 1. The summed E-state index contributed by atoms with van der Waals surface area (Å²) in [6, 6.07) is 5.45. The van der Waals surface area contributed by atoms with E-state index in [1.165, 1.54) is 24.5 Å². The second-order valence-corrected chi connectivity index (χ2v) is 8.36. The minimum absolute atomic E-state index is 0.0131. The first-order chi connectivity index (χ1) is 17.5. The van der Waals surface area contributed by atoms with Crippen LogP contribution in [0.5, 0.6) is 5.75 Å². The van der Waals surface area contributed by atoms with Crippen LogP contribution >= 0.6 is 0 Å². The number of halogens is 4. The molecule has 0 radical (unpaired) electrons. The van der Waals surface area contributed by atoms with Gasteiger partial charge in [0.2, 0.25) is 5.95 Å². The normalized spacial score (nSPS) is 14.7. The van der Waals surface area contributed by atoms with Gasteiger partial charge in [0.15, 0.2) is 29.0 Å². The lowest BCUT2D eigenvalue weighted by molar-refractivity contribution is 0.270. The molecular weight excluding hydrogens is 478 g/mol. The van der Waals surface area contributed by atoms with Crippen molar-refractivity contribution in [3.05, 3.63) is 71.9 Å². The van der Waals surface area contributed by atoms with E-state index in [0.29, 0.717) is 37.6 Å². The number of rotatable bonds is 4. The van der Waals surface area contributed by atoms with Crippen molar-refractivity contribution in [1.29, 1.82) is 0 Å². The number of nitrogens with one attached hydrogen (secondary N) is 2. The second-order valence-electron chi connectivity index (χ2n) is 8.36. The highest BCUT2D eigenvalue weighted by Gasteiger charge is 2.24. The zero-order chi connectivity index (χ0) is 24.8. The zero-order valence-electron chi connectivity index (χ0n) is 18.7. The molecule has 0 amide bonds. The molecule has 6 rings (SSSR count). The molecule has 36 heavy (non-hydrogen) atoms. The van der Waals surface area contributed by atoms with Crippen molar-refractivity contribution in [2.24, 2.45) is 0 Å². The summed E-state index contributed by atoms with van der Waals surface area (Å²) in [4.78, 5) is 13.8. The van der Waals surface area contributed by atoms with E-state index < -0.39 is 23.3 Å². The van der Waals surface area contributed by atoms with Gasteiger partial charge in [-0.25, -0.2) is 32.5 Å². The summed E-state index contributed by atoms with van der Waals surface area (Å²) in [6.07, 6.45) is 3.97. The summed E-state index contributed by atoms with van der Waals surface area (Å²) in [7, 11) is 0. The Morgan fingerprint density at radius 1 is 0.944 bits per heavy atom. The summed E-state index contributed by atoms with van der Waals surface area (Å²) in [5, 5.41) is 5.76. The third-order valence-corrected chi connectivity index (χ3v) is 6.15. The standard InChI is InChI=1S/C24H19F4N7O/c25-15-7-13(8-19-23(15)36-11-14-9-30-12-35(14)19)22-16(26)10-31-24(33-22)32-17-1-2-18(21(28)20(17)27)34-5-3-29-4-6-34/h1-2,7-10,12,29H,3-6,11H2,(H,31,32,33). The number of hydrogen-bond donors (Lipinski definition) is 2. The molecule has 0 unspecified atom stereocenters. The molecule has 4 heterocycles. The summed E-state index contributed by atoms with van der Waals surface area (Å²) >= 11 is 0. The van der Waals surface area contributed by atoms with Crippen LogP contribution in [0.25, 0.3) is 16.9 Å². The molecule has 12 heteroatoms. The predicted molar refractivity (Wildman–Crippen MR) is 124 cm³/mol. The van der Waals surface area contributed by atoms with E-state index in [2.05, 4.69) is 25.6 Å². The number of ether oxygens (including phenoxy) is 1. The van der Waals surface area contributed by atoms with Crippen LogP contribution in [0.4, 0.5) is 34.9 Å². The van der Waals surface area contributed by atoms with E-state index in [-0.39, 0.29) is 40.9 Å². The van der Waals surface area contributed by atoms with Crippen LogP contribution in [-0.2, 0) is 6.61 Å². The van der Waals surface area contributed by atoms with Gasteiger partial charge in [-0.15, -0.1) is 0 Å². The minimum atomic E-state index is -1.11. The molecule has 0 saturated carbocycles. The molecule has 184 valence electrons. The number of aromatic nitrogens is 4. The second kappa shape index (κ2) is 8.79. The molecule has 2 aliphatic rings. The highest BCUT2D eigenvalue weighted by atomic mass is 19.2. The Hall–Kier alpha value is -4.19. The average Bonchev–Trinajstić information content (AvgIpc) is 3.38. The van der Waals surface area contributed by atoms with Crippen LogP contribution in [0.3, 0.4) is 0 Å². The van der Waals surface area contributed by atoms with Crippen LogP contribution in [0.2, 0.25) is 0 Å². The fourth-order valence-electron chi connectivity index (χ4n) is 4.37. The molecule has 1 fully saturated rings. The maximum Gasteiger partial charge on any atom is 0.228 e. The summed E-state index contributed by atoms with van der Waals surface area (Å²) < 4.78 is 66.4. The van der Waals surface area contributed by atoms with Gasteiger partial charge in [-0.05, 0) is 24.3 Å². The average molecular weight is 497 g/mol. The van der Waals surface area contributed by atoms with Crippen LogP contribution in [-0.4, -0.2) is 45.7 Å². The summed E-state index contributed by atoms with van der Waals surface area (Å²) in [5.41, 5.74) is 0.877. The van der Waals surface area contributed by atoms with Crippen molar-refractivity contribution in [1.82, 2.24) is 24.8 Å². The van der Waals surface area contributed by atoms with Gasteiger partial charge in [0, 0.05) is 31.7 Å². The van der Waals surface area contributed by atoms with Crippen LogP contribution in [0, 0.1) is 23.3 Å². The molecule has 8 nitrogen and oxygen atoms in total. The molecule has 2 aliphatic heterocycles. The van der Waals surface area contributed by atoms with Gasteiger partial charge in [-0.1, -0.05) is 0 Å². The molecule has 0 spiro atoms.